The molecule has 30 heavy (non-hydrogen) atoms. The van der Waals surface area contributed by atoms with Crippen LogP contribution in [0.2, 0.25) is 0 Å². The predicted molar refractivity (Wildman–Crippen MR) is 104 cm³/mol. The average molecular weight is 422 g/mol. The van der Waals surface area contributed by atoms with Gasteiger partial charge in [0, 0.05) is 25.2 Å². The van der Waals surface area contributed by atoms with E-state index in [4.69, 9.17) is 0 Å². The maximum atomic E-state index is 13.7. The van der Waals surface area contributed by atoms with Crippen LogP contribution in [0, 0.1) is 23.3 Å². The van der Waals surface area contributed by atoms with E-state index in [0.29, 0.717) is 25.2 Å². The minimum absolute atomic E-state index is 0.0160. The fourth-order valence-electron chi connectivity index (χ4n) is 3.05. The number of rotatable bonds is 6. The second-order valence-corrected chi connectivity index (χ2v) is 6.50. The first kappa shape index (κ1) is 21.3. The molecule has 0 aliphatic carbocycles. The van der Waals surface area contributed by atoms with Gasteiger partial charge in [-0.1, -0.05) is 0 Å². The molecule has 1 amide bonds. The van der Waals surface area contributed by atoms with Gasteiger partial charge in [0.1, 0.15) is 11.6 Å². The highest BCUT2D eigenvalue weighted by atomic mass is 19.2. The van der Waals surface area contributed by atoms with E-state index in [2.05, 4.69) is 10.4 Å². The van der Waals surface area contributed by atoms with Crippen molar-refractivity contribution in [3.8, 4) is 0 Å². The van der Waals surface area contributed by atoms with E-state index >= 15 is 0 Å². The van der Waals surface area contributed by atoms with Crippen molar-refractivity contribution in [2.75, 3.05) is 23.4 Å². The van der Waals surface area contributed by atoms with Crippen LogP contribution in [-0.2, 0) is 11.2 Å². The molecule has 0 fully saturated rings. The van der Waals surface area contributed by atoms with E-state index in [9.17, 15) is 27.2 Å². The van der Waals surface area contributed by atoms with Gasteiger partial charge >= 0.3 is 0 Å². The summed E-state index contributed by atoms with van der Waals surface area (Å²) in [5.74, 6) is -4.81. The number of carbonyl (C=O) groups is 1. The molecule has 0 atom stereocenters. The smallest absolute Gasteiger partial charge is 0.281 e. The van der Waals surface area contributed by atoms with Gasteiger partial charge in [-0.25, -0.2) is 22.5 Å². The Hall–Kier alpha value is -3.43. The zero-order chi connectivity index (χ0) is 22.0. The van der Waals surface area contributed by atoms with Crippen LogP contribution in [-0.4, -0.2) is 28.7 Å². The highest BCUT2D eigenvalue weighted by Crippen LogP contribution is 2.18. The zero-order valence-corrected chi connectivity index (χ0v) is 16.2. The number of hydrogen-bond acceptors (Lipinski definition) is 4. The van der Waals surface area contributed by atoms with Crippen molar-refractivity contribution >= 4 is 22.8 Å². The van der Waals surface area contributed by atoms with Crippen molar-refractivity contribution in [1.29, 1.82) is 0 Å². The summed E-state index contributed by atoms with van der Waals surface area (Å²) in [6.07, 6.45) is -0.422. The molecule has 0 spiro atoms. The zero-order valence-electron chi connectivity index (χ0n) is 16.2. The molecule has 1 heterocycles. The van der Waals surface area contributed by atoms with Crippen molar-refractivity contribution in [3.05, 3.63) is 69.5 Å². The number of fused-ring (bicyclic) bond motifs is 1. The predicted octanol–water partition coefficient (Wildman–Crippen LogP) is 3.11. The van der Waals surface area contributed by atoms with Gasteiger partial charge in [0.2, 0.25) is 11.9 Å². The van der Waals surface area contributed by atoms with Gasteiger partial charge in [0.05, 0.1) is 17.3 Å². The summed E-state index contributed by atoms with van der Waals surface area (Å²) in [5, 5.41) is -0.234. The second kappa shape index (κ2) is 8.52. The Labute approximate surface area is 168 Å². The van der Waals surface area contributed by atoms with E-state index in [1.54, 1.807) is 18.7 Å². The Kier molecular flexibility index (Phi) is 6.04. The van der Waals surface area contributed by atoms with Crippen LogP contribution in [0.3, 0.4) is 0 Å². The van der Waals surface area contributed by atoms with E-state index in [1.807, 2.05) is 0 Å². The van der Waals surface area contributed by atoms with Crippen LogP contribution in [0.25, 0.3) is 10.9 Å². The van der Waals surface area contributed by atoms with Gasteiger partial charge in [0.15, 0.2) is 11.6 Å². The number of nitrogens with one attached hydrogen (secondary N) is 1. The lowest BCUT2D eigenvalue weighted by atomic mass is 10.1. The molecule has 6 nitrogen and oxygen atoms in total. The maximum absolute atomic E-state index is 13.7. The van der Waals surface area contributed by atoms with Crippen molar-refractivity contribution in [2.24, 2.45) is 0 Å². The van der Waals surface area contributed by atoms with E-state index in [1.165, 1.54) is 0 Å². The molecule has 0 bridgehead atoms. The molecule has 0 radical (unpaired) electrons. The molecule has 0 saturated carbocycles. The molecule has 0 aliphatic heterocycles. The first-order chi connectivity index (χ1) is 14.2. The second-order valence-electron chi connectivity index (χ2n) is 6.50. The van der Waals surface area contributed by atoms with Gasteiger partial charge in [-0.3, -0.25) is 15.0 Å². The van der Waals surface area contributed by atoms with Gasteiger partial charge < -0.3 is 4.90 Å². The third kappa shape index (κ3) is 4.27. The summed E-state index contributed by atoms with van der Waals surface area (Å²) in [5.41, 5.74) is 1.51. The summed E-state index contributed by atoms with van der Waals surface area (Å²) in [4.78, 5) is 31.2. The third-order valence-corrected chi connectivity index (χ3v) is 4.46. The molecule has 3 rings (SSSR count). The lowest BCUT2D eigenvalue weighted by molar-refractivity contribution is -0.116. The SMILES string of the molecule is CCN(CC)c1nc2cc(F)c(F)cc2c(=O)n1NC(=O)Cc1cc(F)cc(F)c1. The van der Waals surface area contributed by atoms with Gasteiger partial charge in [0.25, 0.3) is 5.56 Å². The Balaban J connectivity index is 2.06. The quantitative estimate of drug-likeness (QED) is 0.620. The number of carbonyl (C=O) groups excluding carboxylic acids is 1. The monoisotopic (exact) mass is 422 g/mol. The summed E-state index contributed by atoms with van der Waals surface area (Å²) < 4.78 is 54.8. The molecule has 0 aliphatic rings. The molecule has 0 unspecified atom stereocenters. The van der Waals surface area contributed by atoms with E-state index in [0.717, 1.165) is 22.9 Å². The Morgan fingerprint density at radius 2 is 1.60 bits per heavy atom. The maximum Gasteiger partial charge on any atom is 0.281 e. The van der Waals surface area contributed by atoms with Crippen molar-refractivity contribution in [3.63, 3.8) is 0 Å². The summed E-state index contributed by atoms with van der Waals surface area (Å²) in [7, 11) is 0. The van der Waals surface area contributed by atoms with Crippen molar-refractivity contribution in [2.45, 2.75) is 20.3 Å². The van der Waals surface area contributed by atoms with Crippen LogP contribution in [0.15, 0.2) is 35.1 Å². The lowest BCUT2D eigenvalue weighted by Gasteiger charge is -2.24. The molecule has 158 valence electrons. The molecule has 0 saturated heterocycles. The highest BCUT2D eigenvalue weighted by Gasteiger charge is 2.19. The summed E-state index contributed by atoms with van der Waals surface area (Å²) in [6, 6.07) is 4.17. The molecule has 2 aromatic carbocycles. The summed E-state index contributed by atoms with van der Waals surface area (Å²) >= 11 is 0. The van der Waals surface area contributed by atoms with Gasteiger partial charge in [-0.15, -0.1) is 0 Å². The number of nitrogens with zero attached hydrogens (tertiary/aromatic N) is 3. The number of amides is 1. The van der Waals surface area contributed by atoms with E-state index < -0.39 is 41.2 Å². The largest absolute Gasteiger partial charge is 0.341 e. The van der Waals surface area contributed by atoms with Crippen LogP contribution < -0.4 is 15.9 Å². The standard InChI is InChI=1S/C20H18F4N4O2/c1-3-27(4-2)20-25-17-10-16(24)15(23)9-14(17)19(30)28(20)26-18(29)7-11-5-12(21)8-13(22)6-11/h5-6,8-10H,3-4,7H2,1-2H3,(H,26,29). The van der Waals surface area contributed by atoms with Crippen LogP contribution >= 0.6 is 0 Å². The summed E-state index contributed by atoms with van der Waals surface area (Å²) in [6.45, 7) is 4.38. The molecule has 1 aromatic heterocycles. The normalized spacial score (nSPS) is 11.0. The van der Waals surface area contributed by atoms with Crippen molar-refractivity contribution in [1.82, 2.24) is 9.66 Å². The first-order valence-corrected chi connectivity index (χ1v) is 9.15. The molecule has 10 heteroatoms. The minimum Gasteiger partial charge on any atom is -0.341 e. The van der Waals surface area contributed by atoms with E-state index in [-0.39, 0.29) is 22.4 Å². The lowest BCUT2D eigenvalue weighted by Crippen LogP contribution is -2.40. The number of benzene rings is 2. The Morgan fingerprint density at radius 3 is 2.20 bits per heavy atom. The van der Waals surface area contributed by atoms with Crippen molar-refractivity contribution < 1.29 is 22.4 Å². The Bertz CT molecular complexity index is 1160. The number of aromatic nitrogens is 2. The number of hydrogen-bond donors (Lipinski definition) is 1. The number of anilines is 1. The molecule has 1 N–H and O–H groups in total. The molecular weight excluding hydrogens is 404 g/mol. The highest BCUT2D eigenvalue weighted by molar-refractivity contribution is 5.87. The van der Waals surface area contributed by atoms with Crippen LogP contribution in [0.5, 0.6) is 0 Å². The van der Waals surface area contributed by atoms with Gasteiger partial charge in [-0.05, 0) is 37.6 Å². The topological polar surface area (TPSA) is 67.2 Å². The minimum atomic E-state index is -1.23. The third-order valence-electron chi connectivity index (χ3n) is 4.46. The average Bonchev–Trinajstić information content (AvgIpc) is 2.66. The molecular formula is C20H18F4N4O2. The fraction of sp³-hybridized carbons (Fsp3) is 0.250. The first-order valence-electron chi connectivity index (χ1n) is 9.15. The van der Waals surface area contributed by atoms with Crippen LogP contribution in [0.1, 0.15) is 19.4 Å². The van der Waals surface area contributed by atoms with Gasteiger partial charge in [-0.2, -0.15) is 4.68 Å². The fourth-order valence-corrected chi connectivity index (χ4v) is 3.05. The Morgan fingerprint density at radius 1 is 1.00 bits per heavy atom. The number of halogens is 4. The molecule has 3 aromatic rings. The van der Waals surface area contributed by atoms with Crippen LogP contribution in [0.4, 0.5) is 23.5 Å².